The smallest absolute Gasteiger partial charge is 0.221 e. The summed E-state index contributed by atoms with van der Waals surface area (Å²) in [5.41, 5.74) is 1.10. The van der Waals surface area contributed by atoms with Gasteiger partial charge in [-0.25, -0.2) is 0 Å². The van der Waals surface area contributed by atoms with E-state index in [2.05, 4.69) is 17.2 Å². The lowest BCUT2D eigenvalue weighted by Gasteiger charge is -2.12. The maximum Gasteiger partial charge on any atom is 0.221 e. The lowest BCUT2D eigenvalue weighted by molar-refractivity contribution is -0.115. The minimum Gasteiger partial charge on any atom is -0.487 e. The summed E-state index contributed by atoms with van der Waals surface area (Å²) in [6.07, 6.45) is 1.61. The largest absolute Gasteiger partial charge is 0.487 e. The Labute approximate surface area is 106 Å². The van der Waals surface area contributed by atoms with Crippen molar-refractivity contribution in [2.24, 2.45) is 0 Å². The molecule has 0 aromatic heterocycles. The van der Waals surface area contributed by atoms with E-state index in [4.69, 9.17) is 4.74 Å². The Hall–Kier alpha value is -2.30. The quantitative estimate of drug-likeness (QED) is 0.785. The molecule has 1 aromatic carbocycles. The van der Waals surface area contributed by atoms with Gasteiger partial charge in [-0.2, -0.15) is 0 Å². The molecule has 18 heavy (non-hydrogen) atoms. The molecule has 0 heterocycles. The van der Waals surface area contributed by atoms with Gasteiger partial charge in [0.1, 0.15) is 12.4 Å². The molecule has 0 bridgehead atoms. The molecule has 5 nitrogen and oxygen atoms in total. The number of rotatable bonds is 5. The minimum atomic E-state index is -0.210. The Morgan fingerprint density at radius 3 is 2.50 bits per heavy atom. The van der Waals surface area contributed by atoms with E-state index < -0.39 is 0 Å². The van der Waals surface area contributed by atoms with Gasteiger partial charge >= 0.3 is 0 Å². The van der Waals surface area contributed by atoms with Crippen molar-refractivity contribution in [2.45, 2.75) is 13.8 Å². The SMILES string of the molecule is C=CCOc1ccc(NC(C)=O)cc1NC(C)=O. The molecule has 0 saturated heterocycles. The zero-order valence-electron chi connectivity index (χ0n) is 10.4. The Balaban J connectivity index is 2.98. The fourth-order valence-electron chi connectivity index (χ4n) is 1.37. The highest BCUT2D eigenvalue weighted by Gasteiger charge is 2.07. The average Bonchev–Trinajstić information content (AvgIpc) is 2.26. The number of amides is 2. The Kier molecular flexibility index (Phi) is 4.92. The van der Waals surface area contributed by atoms with E-state index in [9.17, 15) is 9.59 Å². The Morgan fingerprint density at radius 1 is 1.28 bits per heavy atom. The summed E-state index contributed by atoms with van der Waals surface area (Å²) in [7, 11) is 0. The average molecular weight is 248 g/mol. The summed E-state index contributed by atoms with van der Waals surface area (Å²) in [6.45, 7) is 6.72. The van der Waals surface area contributed by atoms with Crippen molar-refractivity contribution in [1.82, 2.24) is 0 Å². The standard InChI is InChI=1S/C13H16N2O3/c1-4-7-18-13-6-5-11(14-9(2)16)8-12(13)15-10(3)17/h4-6,8H,1,7H2,2-3H3,(H,14,16)(H,15,17). The van der Waals surface area contributed by atoms with Crippen molar-refractivity contribution in [1.29, 1.82) is 0 Å². The zero-order chi connectivity index (χ0) is 13.5. The highest BCUT2D eigenvalue weighted by atomic mass is 16.5. The third-order valence-corrected chi connectivity index (χ3v) is 1.97. The predicted octanol–water partition coefficient (Wildman–Crippen LogP) is 2.17. The van der Waals surface area contributed by atoms with Crippen molar-refractivity contribution in [3.05, 3.63) is 30.9 Å². The van der Waals surface area contributed by atoms with Crippen molar-refractivity contribution in [3.63, 3.8) is 0 Å². The molecule has 0 aliphatic heterocycles. The molecule has 0 saturated carbocycles. The van der Waals surface area contributed by atoms with E-state index in [1.807, 2.05) is 0 Å². The molecule has 2 N–H and O–H groups in total. The zero-order valence-corrected chi connectivity index (χ0v) is 10.4. The van der Waals surface area contributed by atoms with E-state index in [0.29, 0.717) is 23.7 Å². The summed E-state index contributed by atoms with van der Waals surface area (Å²) in [6, 6.07) is 5.02. The van der Waals surface area contributed by atoms with E-state index in [-0.39, 0.29) is 11.8 Å². The van der Waals surface area contributed by atoms with Crippen LogP contribution in [0.5, 0.6) is 5.75 Å². The van der Waals surface area contributed by atoms with Gasteiger partial charge in [-0.3, -0.25) is 9.59 Å². The fourth-order valence-corrected chi connectivity index (χ4v) is 1.37. The van der Waals surface area contributed by atoms with Gasteiger partial charge in [0.25, 0.3) is 0 Å². The monoisotopic (exact) mass is 248 g/mol. The van der Waals surface area contributed by atoms with Crippen LogP contribution < -0.4 is 15.4 Å². The molecular formula is C13H16N2O3. The third kappa shape index (κ3) is 4.29. The lowest BCUT2D eigenvalue weighted by atomic mass is 10.2. The first-order valence-corrected chi connectivity index (χ1v) is 5.46. The van der Waals surface area contributed by atoms with Crippen molar-refractivity contribution in [3.8, 4) is 5.75 Å². The highest BCUT2D eigenvalue weighted by Crippen LogP contribution is 2.28. The second kappa shape index (κ2) is 6.44. The number of anilines is 2. The molecular weight excluding hydrogens is 232 g/mol. The highest BCUT2D eigenvalue weighted by molar-refractivity contribution is 5.93. The second-order valence-corrected chi connectivity index (χ2v) is 3.67. The maximum atomic E-state index is 11.1. The van der Waals surface area contributed by atoms with Crippen LogP contribution >= 0.6 is 0 Å². The molecule has 5 heteroatoms. The predicted molar refractivity (Wildman–Crippen MR) is 70.7 cm³/mol. The van der Waals surface area contributed by atoms with Crippen LogP contribution in [0.15, 0.2) is 30.9 Å². The molecule has 0 fully saturated rings. The van der Waals surface area contributed by atoms with Crippen molar-refractivity contribution in [2.75, 3.05) is 17.2 Å². The molecule has 0 spiro atoms. The number of benzene rings is 1. The van der Waals surface area contributed by atoms with Gasteiger partial charge in [-0.1, -0.05) is 12.7 Å². The van der Waals surface area contributed by atoms with Gasteiger partial charge in [0.15, 0.2) is 0 Å². The van der Waals surface area contributed by atoms with Gasteiger partial charge in [0, 0.05) is 19.5 Å². The van der Waals surface area contributed by atoms with Crippen LogP contribution in [0.25, 0.3) is 0 Å². The molecule has 0 unspecified atom stereocenters. The number of carbonyl (C=O) groups is 2. The van der Waals surface area contributed by atoms with Crippen LogP contribution in [-0.4, -0.2) is 18.4 Å². The molecule has 0 aliphatic carbocycles. The third-order valence-electron chi connectivity index (χ3n) is 1.97. The number of hydrogen-bond acceptors (Lipinski definition) is 3. The summed E-state index contributed by atoms with van der Waals surface area (Å²) in [5, 5.41) is 5.28. The summed E-state index contributed by atoms with van der Waals surface area (Å²) in [4.78, 5) is 22.1. The number of ether oxygens (including phenoxy) is 1. The summed E-state index contributed by atoms with van der Waals surface area (Å²) >= 11 is 0. The molecule has 0 radical (unpaired) electrons. The van der Waals surface area contributed by atoms with Crippen LogP contribution in [0.1, 0.15) is 13.8 Å². The van der Waals surface area contributed by atoms with Crippen LogP contribution in [-0.2, 0) is 9.59 Å². The van der Waals surface area contributed by atoms with Crippen LogP contribution in [0, 0.1) is 0 Å². The van der Waals surface area contributed by atoms with E-state index >= 15 is 0 Å². The number of carbonyl (C=O) groups excluding carboxylic acids is 2. The number of hydrogen-bond donors (Lipinski definition) is 2. The van der Waals surface area contributed by atoms with Crippen LogP contribution in [0.3, 0.4) is 0 Å². The Morgan fingerprint density at radius 2 is 1.94 bits per heavy atom. The van der Waals surface area contributed by atoms with Gasteiger partial charge in [0.05, 0.1) is 5.69 Å². The first-order valence-electron chi connectivity index (χ1n) is 5.46. The minimum absolute atomic E-state index is 0.177. The van der Waals surface area contributed by atoms with Gasteiger partial charge < -0.3 is 15.4 Å². The van der Waals surface area contributed by atoms with Gasteiger partial charge in [-0.15, -0.1) is 0 Å². The van der Waals surface area contributed by atoms with E-state index in [0.717, 1.165) is 0 Å². The fraction of sp³-hybridized carbons (Fsp3) is 0.231. The first-order chi connectivity index (χ1) is 8.52. The summed E-state index contributed by atoms with van der Waals surface area (Å²) in [5.74, 6) is 0.140. The summed E-state index contributed by atoms with van der Waals surface area (Å²) < 4.78 is 5.40. The molecule has 0 atom stereocenters. The second-order valence-electron chi connectivity index (χ2n) is 3.67. The lowest BCUT2D eigenvalue weighted by Crippen LogP contribution is -2.10. The molecule has 96 valence electrons. The van der Waals surface area contributed by atoms with E-state index in [1.165, 1.54) is 13.8 Å². The van der Waals surface area contributed by atoms with Crippen molar-refractivity contribution < 1.29 is 14.3 Å². The number of nitrogens with one attached hydrogen (secondary N) is 2. The Bertz CT molecular complexity index is 469. The first kappa shape index (κ1) is 13.8. The molecule has 2 amide bonds. The normalized spacial score (nSPS) is 9.44. The molecule has 1 aromatic rings. The topological polar surface area (TPSA) is 67.4 Å². The van der Waals surface area contributed by atoms with Crippen LogP contribution in [0.4, 0.5) is 11.4 Å². The van der Waals surface area contributed by atoms with Crippen LogP contribution in [0.2, 0.25) is 0 Å². The van der Waals surface area contributed by atoms with Crippen molar-refractivity contribution >= 4 is 23.2 Å². The van der Waals surface area contributed by atoms with Gasteiger partial charge in [-0.05, 0) is 18.2 Å². The molecule has 0 aliphatic rings. The van der Waals surface area contributed by atoms with Gasteiger partial charge in [0.2, 0.25) is 11.8 Å². The maximum absolute atomic E-state index is 11.1. The molecule has 1 rings (SSSR count). The van der Waals surface area contributed by atoms with E-state index in [1.54, 1.807) is 24.3 Å².